The van der Waals surface area contributed by atoms with Crippen molar-refractivity contribution in [1.29, 1.82) is 0 Å². The first kappa shape index (κ1) is 20.5. The molecule has 0 bridgehead atoms. The fraction of sp³-hybridized carbons (Fsp3) is 0.636. The van der Waals surface area contributed by atoms with Gasteiger partial charge in [-0.25, -0.2) is 13.4 Å². The van der Waals surface area contributed by atoms with Crippen molar-refractivity contribution in [1.82, 2.24) is 19.4 Å². The number of hydrogen-bond acceptors (Lipinski definition) is 5. The van der Waals surface area contributed by atoms with Gasteiger partial charge in [0.25, 0.3) is 0 Å². The number of rotatable bonds is 9. The van der Waals surface area contributed by atoms with Crippen LogP contribution in [0.25, 0.3) is 0 Å². The van der Waals surface area contributed by atoms with Crippen molar-refractivity contribution in [3.8, 4) is 0 Å². The lowest BCUT2D eigenvalue weighted by molar-refractivity contribution is 0.280. The number of pyridine rings is 1. The van der Waals surface area contributed by atoms with E-state index in [0.29, 0.717) is 18.4 Å². The lowest BCUT2D eigenvalue weighted by atomic mass is 9.89. The first-order chi connectivity index (χ1) is 14.0. The average Bonchev–Trinajstić information content (AvgIpc) is 3.42. The minimum Gasteiger partial charge on any atom is -0.317 e. The summed E-state index contributed by atoms with van der Waals surface area (Å²) in [5.74, 6) is 1.13. The molecular formula is C22H32N4O2S. The molecule has 2 saturated carbocycles. The molecule has 29 heavy (non-hydrogen) atoms. The maximum atomic E-state index is 13.0. The molecule has 2 fully saturated rings. The van der Waals surface area contributed by atoms with Crippen LogP contribution in [0.1, 0.15) is 56.3 Å². The van der Waals surface area contributed by atoms with Gasteiger partial charge in [0.05, 0.1) is 23.3 Å². The van der Waals surface area contributed by atoms with Crippen LogP contribution in [0.15, 0.2) is 35.7 Å². The fourth-order valence-electron chi connectivity index (χ4n) is 4.36. The zero-order valence-corrected chi connectivity index (χ0v) is 18.1. The molecule has 2 heterocycles. The van der Waals surface area contributed by atoms with Crippen LogP contribution in [-0.2, 0) is 29.5 Å². The van der Waals surface area contributed by atoms with Gasteiger partial charge in [-0.1, -0.05) is 25.3 Å². The minimum absolute atomic E-state index is 0.248. The molecule has 0 atom stereocenters. The van der Waals surface area contributed by atoms with Gasteiger partial charge in [-0.2, -0.15) is 0 Å². The Morgan fingerprint density at radius 1 is 1.03 bits per heavy atom. The second-order valence-corrected chi connectivity index (χ2v) is 10.8. The van der Waals surface area contributed by atoms with Gasteiger partial charge in [0, 0.05) is 25.8 Å². The van der Waals surface area contributed by atoms with Crippen molar-refractivity contribution in [3.63, 3.8) is 0 Å². The van der Waals surface area contributed by atoms with E-state index in [1.54, 1.807) is 12.4 Å². The van der Waals surface area contributed by atoms with Gasteiger partial charge in [-0.05, 0) is 56.7 Å². The highest BCUT2D eigenvalue weighted by Gasteiger charge is 2.33. The van der Waals surface area contributed by atoms with E-state index in [0.717, 1.165) is 37.3 Å². The predicted octanol–water partition coefficient (Wildman–Crippen LogP) is 3.67. The van der Waals surface area contributed by atoms with Crippen molar-refractivity contribution in [2.24, 2.45) is 11.8 Å². The van der Waals surface area contributed by atoms with E-state index in [-0.39, 0.29) is 10.9 Å². The van der Waals surface area contributed by atoms with E-state index in [1.807, 2.05) is 29.8 Å². The molecule has 2 aliphatic rings. The molecule has 0 unspecified atom stereocenters. The van der Waals surface area contributed by atoms with Gasteiger partial charge in [-0.15, -0.1) is 0 Å². The van der Waals surface area contributed by atoms with Gasteiger partial charge < -0.3 is 4.57 Å². The Labute approximate surface area is 174 Å². The second-order valence-electron chi connectivity index (χ2n) is 8.86. The molecule has 0 saturated heterocycles. The third-order valence-corrected chi connectivity index (χ3v) is 7.88. The van der Waals surface area contributed by atoms with Crippen LogP contribution in [0.3, 0.4) is 0 Å². The van der Waals surface area contributed by atoms with E-state index in [4.69, 9.17) is 0 Å². The van der Waals surface area contributed by atoms with Gasteiger partial charge in [0.15, 0.2) is 0 Å². The monoisotopic (exact) mass is 416 g/mol. The van der Waals surface area contributed by atoms with Crippen molar-refractivity contribution in [3.05, 3.63) is 42.0 Å². The Kier molecular flexibility index (Phi) is 6.35. The Balaban J connectivity index is 1.54. The van der Waals surface area contributed by atoms with Crippen molar-refractivity contribution in [2.75, 3.05) is 12.8 Å². The van der Waals surface area contributed by atoms with Gasteiger partial charge >= 0.3 is 0 Å². The Morgan fingerprint density at radius 2 is 1.83 bits per heavy atom. The van der Waals surface area contributed by atoms with Gasteiger partial charge in [0.1, 0.15) is 0 Å². The first-order valence-corrected chi connectivity index (χ1v) is 12.5. The molecule has 0 amide bonds. The standard InChI is InChI=1S/C22H32N4O2S/c1-25(15-20-9-5-6-12-23-20)16-21-13-24-22(29(27,28)17-19-10-11-19)26(21)14-18-7-3-2-4-8-18/h5-6,9,12-13,18-19H,2-4,7-8,10-11,14-17H2,1H3. The van der Waals surface area contributed by atoms with Crippen LogP contribution in [-0.4, -0.2) is 40.7 Å². The van der Waals surface area contributed by atoms with Crippen LogP contribution >= 0.6 is 0 Å². The van der Waals surface area contributed by atoms with E-state index in [2.05, 4.69) is 14.9 Å². The molecule has 7 heteroatoms. The highest BCUT2D eigenvalue weighted by Crippen LogP contribution is 2.33. The van der Waals surface area contributed by atoms with Gasteiger partial charge in [0.2, 0.25) is 15.0 Å². The van der Waals surface area contributed by atoms with E-state index >= 15 is 0 Å². The molecule has 6 nitrogen and oxygen atoms in total. The molecule has 4 rings (SSSR count). The molecule has 2 aromatic heterocycles. The molecule has 2 aliphatic carbocycles. The van der Waals surface area contributed by atoms with Crippen LogP contribution < -0.4 is 0 Å². The van der Waals surface area contributed by atoms with Crippen LogP contribution in [0, 0.1) is 11.8 Å². The number of sulfone groups is 1. The second kappa shape index (κ2) is 8.96. The number of hydrogen-bond donors (Lipinski definition) is 0. The lowest BCUT2D eigenvalue weighted by Crippen LogP contribution is -2.24. The number of nitrogens with zero attached hydrogens (tertiary/aromatic N) is 4. The summed E-state index contributed by atoms with van der Waals surface area (Å²) in [4.78, 5) is 11.0. The number of imidazole rings is 1. The number of aromatic nitrogens is 3. The van der Waals surface area contributed by atoms with Crippen LogP contribution in [0.5, 0.6) is 0 Å². The molecule has 0 aromatic carbocycles. The van der Waals surface area contributed by atoms with Crippen LogP contribution in [0.2, 0.25) is 0 Å². The molecule has 0 aliphatic heterocycles. The summed E-state index contributed by atoms with van der Waals surface area (Å²) >= 11 is 0. The Hall–Kier alpha value is -1.73. The SMILES string of the molecule is CN(Cc1ccccn1)Cc1cnc(S(=O)(=O)CC2CC2)n1CC1CCCCC1. The van der Waals surface area contributed by atoms with E-state index in [9.17, 15) is 8.42 Å². The molecule has 2 aromatic rings. The average molecular weight is 417 g/mol. The summed E-state index contributed by atoms with van der Waals surface area (Å²) < 4.78 is 28.1. The molecule has 158 valence electrons. The van der Waals surface area contributed by atoms with Crippen molar-refractivity contribution in [2.45, 2.75) is 69.7 Å². The third kappa shape index (κ3) is 5.45. The third-order valence-electron chi connectivity index (χ3n) is 6.09. The van der Waals surface area contributed by atoms with Crippen molar-refractivity contribution < 1.29 is 8.42 Å². The predicted molar refractivity (Wildman–Crippen MR) is 113 cm³/mol. The normalized spacial score (nSPS) is 18.4. The highest BCUT2D eigenvalue weighted by molar-refractivity contribution is 7.91. The maximum Gasteiger partial charge on any atom is 0.227 e. The summed E-state index contributed by atoms with van der Waals surface area (Å²) in [7, 11) is -1.28. The summed E-state index contributed by atoms with van der Waals surface area (Å²) in [5, 5.41) is 0.288. The Morgan fingerprint density at radius 3 is 2.52 bits per heavy atom. The largest absolute Gasteiger partial charge is 0.317 e. The van der Waals surface area contributed by atoms with Crippen LogP contribution in [0.4, 0.5) is 0 Å². The summed E-state index contributed by atoms with van der Waals surface area (Å²) in [6.45, 7) is 2.15. The molecule has 0 spiro atoms. The maximum absolute atomic E-state index is 13.0. The Bertz CT molecular complexity index is 900. The smallest absolute Gasteiger partial charge is 0.227 e. The quantitative estimate of drug-likeness (QED) is 0.624. The topological polar surface area (TPSA) is 68.1 Å². The summed E-state index contributed by atoms with van der Waals surface area (Å²) in [5.41, 5.74) is 2.00. The lowest BCUT2D eigenvalue weighted by Gasteiger charge is -2.25. The fourth-order valence-corrected chi connectivity index (χ4v) is 6.20. The zero-order chi connectivity index (χ0) is 20.3. The minimum atomic E-state index is -3.33. The molecular weight excluding hydrogens is 384 g/mol. The molecule has 0 N–H and O–H groups in total. The van der Waals surface area contributed by atoms with Crippen molar-refractivity contribution >= 4 is 9.84 Å². The summed E-state index contributed by atoms with van der Waals surface area (Å²) in [6, 6.07) is 5.92. The molecule has 0 radical (unpaired) electrons. The van der Waals surface area contributed by atoms with E-state index in [1.165, 1.54) is 32.1 Å². The van der Waals surface area contributed by atoms with Gasteiger partial charge in [-0.3, -0.25) is 9.88 Å². The van der Waals surface area contributed by atoms with E-state index < -0.39 is 9.84 Å². The highest BCUT2D eigenvalue weighted by atomic mass is 32.2. The first-order valence-electron chi connectivity index (χ1n) is 10.9. The summed E-state index contributed by atoms with van der Waals surface area (Å²) in [6.07, 6.45) is 11.8. The zero-order valence-electron chi connectivity index (χ0n) is 17.3.